The second-order valence-corrected chi connectivity index (χ2v) is 4.68. The van der Waals surface area contributed by atoms with Crippen molar-refractivity contribution in [2.75, 3.05) is 19.8 Å². The first-order valence-electron chi connectivity index (χ1n) is 5.64. The van der Waals surface area contributed by atoms with Crippen molar-refractivity contribution in [2.45, 2.75) is 24.4 Å². The lowest BCUT2D eigenvalue weighted by Crippen LogP contribution is -2.46. The monoisotopic (exact) mass is 296 g/mol. The van der Waals surface area contributed by atoms with Crippen molar-refractivity contribution in [1.29, 1.82) is 0 Å². The van der Waals surface area contributed by atoms with E-state index in [4.69, 9.17) is 21.1 Å². The zero-order chi connectivity index (χ0) is 14.0. The fourth-order valence-corrected chi connectivity index (χ4v) is 2.61. The molecule has 19 heavy (non-hydrogen) atoms. The van der Waals surface area contributed by atoms with Gasteiger partial charge in [0.25, 0.3) is 5.09 Å². The number of hydrogen-bond donors (Lipinski definition) is 2. The number of nitrogens with zero attached hydrogens (tertiary/aromatic N) is 1. The second kappa shape index (κ2) is 5.87. The quantitative estimate of drug-likeness (QED) is 0.297. The minimum atomic E-state index is -0.892. The van der Waals surface area contributed by atoms with Crippen LogP contribution in [0.15, 0.2) is 0 Å². The van der Waals surface area contributed by atoms with Gasteiger partial charge in [0.1, 0.15) is 6.10 Å². The molecular formula is C9H13ClN2O7. The van der Waals surface area contributed by atoms with E-state index in [-0.39, 0.29) is 25.7 Å². The molecule has 0 spiro atoms. The highest BCUT2D eigenvalue weighted by Gasteiger charge is 2.51. The number of aliphatic hydroxyl groups excluding tert-OH is 1. The second-order valence-electron chi connectivity index (χ2n) is 4.33. The molecule has 0 aromatic carbocycles. The summed E-state index contributed by atoms with van der Waals surface area (Å²) >= 11 is 5.21. The van der Waals surface area contributed by atoms with Crippen LogP contribution in [0.3, 0.4) is 0 Å². The van der Waals surface area contributed by atoms with Crippen molar-refractivity contribution in [2.24, 2.45) is 5.92 Å². The Morgan fingerprint density at radius 3 is 2.79 bits per heavy atom. The minimum absolute atomic E-state index is 0.0276. The van der Waals surface area contributed by atoms with Gasteiger partial charge in [-0.25, -0.2) is 0 Å². The molecule has 2 saturated heterocycles. The van der Waals surface area contributed by atoms with Crippen LogP contribution in [-0.2, 0) is 14.3 Å². The predicted molar refractivity (Wildman–Crippen MR) is 60.1 cm³/mol. The number of hydrogen-bond acceptors (Lipinski definition) is 7. The summed E-state index contributed by atoms with van der Waals surface area (Å²) in [5, 5.41) is 20.3. The molecule has 2 aliphatic heterocycles. The van der Waals surface area contributed by atoms with E-state index in [1.165, 1.54) is 0 Å². The normalized spacial score (nSPS) is 34.6. The maximum Gasteiger partial charge on any atom is 0.314 e. The Balaban J connectivity index is 1.99. The fourth-order valence-electron chi connectivity index (χ4n) is 2.47. The summed E-state index contributed by atoms with van der Waals surface area (Å²) in [5.74, 6) is -0.335. The van der Waals surface area contributed by atoms with Gasteiger partial charge >= 0.3 is 5.37 Å². The Hall–Kier alpha value is -1.16. The van der Waals surface area contributed by atoms with Crippen LogP contribution in [0.2, 0.25) is 0 Å². The van der Waals surface area contributed by atoms with Gasteiger partial charge in [-0.1, -0.05) is 0 Å². The number of carbonyl (C=O) groups excluding carboxylic acids is 1. The number of halogens is 1. The summed E-state index contributed by atoms with van der Waals surface area (Å²) < 4.78 is 10.8. The zero-order valence-corrected chi connectivity index (χ0v) is 10.5. The Morgan fingerprint density at radius 2 is 2.21 bits per heavy atom. The topological polar surface area (TPSA) is 120 Å². The maximum atomic E-state index is 10.8. The molecule has 0 bridgehead atoms. The van der Waals surface area contributed by atoms with E-state index in [2.05, 4.69) is 10.2 Å². The lowest BCUT2D eigenvalue weighted by atomic mass is 9.94. The Bertz CT molecular complexity index is 368. The van der Waals surface area contributed by atoms with Crippen molar-refractivity contribution in [3.8, 4) is 0 Å². The summed E-state index contributed by atoms with van der Waals surface area (Å²) in [5.41, 5.74) is 0. The van der Waals surface area contributed by atoms with Crippen LogP contribution >= 0.6 is 11.6 Å². The zero-order valence-electron chi connectivity index (χ0n) is 9.73. The third-order valence-corrected chi connectivity index (χ3v) is 3.39. The molecule has 0 aromatic rings. The van der Waals surface area contributed by atoms with Crippen LogP contribution in [0.25, 0.3) is 0 Å². The summed E-state index contributed by atoms with van der Waals surface area (Å²) in [7, 11) is 0. The molecule has 10 heteroatoms. The first kappa shape index (κ1) is 14.3. The van der Waals surface area contributed by atoms with Crippen molar-refractivity contribution in [3.63, 3.8) is 0 Å². The molecule has 108 valence electrons. The molecule has 5 atom stereocenters. The molecule has 2 aliphatic rings. The van der Waals surface area contributed by atoms with E-state index in [1.807, 2.05) is 0 Å². The van der Waals surface area contributed by atoms with Gasteiger partial charge in [-0.05, 0) is 11.6 Å². The maximum absolute atomic E-state index is 10.8. The lowest BCUT2D eigenvalue weighted by molar-refractivity contribution is -0.769. The van der Waals surface area contributed by atoms with Crippen molar-refractivity contribution in [3.05, 3.63) is 10.1 Å². The van der Waals surface area contributed by atoms with Crippen LogP contribution < -0.4 is 5.32 Å². The van der Waals surface area contributed by atoms with Gasteiger partial charge in [0.2, 0.25) is 0 Å². The average Bonchev–Trinajstić information content (AvgIpc) is 2.88. The van der Waals surface area contributed by atoms with Crippen LogP contribution in [0, 0.1) is 16.0 Å². The molecule has 5 unspecified atom stereocenters. The van der Waals surface area contributed by atoms with Crippen molar-refractivity contribution >= 4 is 17.0 Å². The number of rotatable bonds is 5. The third kappa shape index (κ3) is 3.06. The van der Waals surface area contributed by atoms with Crippen LogP contribution in [-0.4, -0.2) is 59.7 Å². The number of amides is 1. The van der Waals surface area contributed by atoms with Gasteiger partial charge in [-0.3, -0.25) is 4.79 Å². The summed E-state index contributed by atoms with van der Waals surface area (Å²) in [6.07, 6.45) is -1.86. The fraction of sp³-hybridized carbons (Fsp3) is 0.889. The molecule has 2 rings (SSSR count). The van der Waals surface area contributed by atoms with E-state index in [0.717, 1.165) is 0 Å². The predicted octanol–water partition coefficient (Wildman–Crippen LogP) is -0.714. The number of fused-ring (bicyclic) bond motifs is 1. The van der Waals surface area contributed by atoms with Crippen molar-refractivity contribution < 1.29 is 29.3 Å². The first-order valence-corrected chi connectivity index (χ1v) is 6.02. The number of ether oxygens (including phenoxy) is 2. The molecule has 0 saturated carbocycles. The van der Waals surface area contributed by atoms with Gasteiger partial charge in [-0.15, -0.1) is 10.1 Å². The average molecular weight is 297 g/mol. The van der Waals surface area contributed by atoms with Crippen LogP contribution in [0.5, 0.6) is 0 Å². The highest BCUT2D eigenvalue weighted by atomic mass is 35.5. The van der Waals surface area contributed by atoms with Gasteiger partial charge < -0.3 is 24.7 Å². The summed E-state index contributed by atoms with van der Waals surface area (Å²) in [6, 6.07) is -0.630. The lowest BCUT2D eigenvalue weighted by Gasteiger charge is -2.24. The molecule has 0 radical (unpaired) electrons. The SMILES string of the molecule is O=C(Cl)NC(CO)C1COC2C(O[N+](=O)[O-])COC12. The molecule has 2 N–H and O–H groups in total. The van der Waals surface area contributed by atoms with E-state index in [0.29, 0.717) is 0 Å². The standard InChI is InChI=1S/C9H13ClN2O7/c10-9(14)11-5(1-13)4-2-17-8-6(19-12(15)16)3-18-7(4)8/h4-8,13H,1-3H2,(H,11,14). The van der Waals surface area contributed by atoms with Gasteiger partial charge in [0, 0.05) is 5.92 Å². The number of nitrogens with one attached hydrogen (secondary N) is 1. The third-order valence-electron chi connectivity index (χ3n) is 3.28. The number of carbonyl (C=O) groups is 1. The number of aliphatic hydroxyl groups is 1. The molecule has 1 amide bonds. The molecule has 9 nitrogen and oxygen atoms in total. The van der Waals surface area contributed by atoms with Crippen LogP contribution in [0.1, 0.15) is 0 Å². The van der Waals surface area contributed by atoms with Gasteiger partial charge in [-0.2, -0.15) is 0 Å². The van der Waals surface area contributed by atoms with Crippen LogP contribution in [0.4, 0.5) is 4.79 Å². The van der Waals surface area contributed by atoms with E-state index in [1.54, 1.807) is 0 Å². The molecule has 0 aliphatic carbocycles. The molecule has 2 heterocycles. The highest BCUT2D eigenvalue weighted by Crippen LogP contribution is 2.34. The van der Waals surface area contributed by atoms with E-state index >= 15 is 0 Å². The van der Waals surface area contributed by atoms with E-state index in [9.17, 15) is 20.0 Å². The smallest absolute Gasteiger partial charge is 0.314 e. The Labute approximate surface area is 112 Å². The molecular weight excluding hydrogens is 284 g/mol. The van der Waals surface area contributed by atoms with Gasteiger partial charge in [0.05, 0.1) is 32.0 Å². The highest BCUT2D eigenvalue weighted by molar-refractivity contribution is 6.62. The summed E-state index contributed by atoms with van der Waals surface area (Å²) in [4.78, 5) is 25.6. The largest absolute Gasteiger partial charge is 0.394 e. The van der Waals surface area contributed by atoms with E-state index < -0.39 is 34.8 Å². The van der Waals surface area contributed by atoms with Gasteiger partial charge in [0.15, 0.2) is 6.10 Å². The first-order chi connectivity index (χ1) is 9.02. The molecule has 2 fully saturated rings. The Kier molecular flexibility index (Phi) is 4.40. The minimum Gasteiger partial charge on any atom is -0.394 e. The molecule has 0 aromatic heterocycles. The Morgan fingerprint density at radius 1 is 1.53 bits per heavy atom. The summed E-state index contributed by atoms with van der Waals surface area (Å²) in [6.45, 7) is -0.116. The van der Waals surface area contributed by atoms with Crippen molar-refractivity contribution in [1.82, 2.24) is 5.32 Å².